The molecule has 0 aliphatic carbocycles. The van der Waals surface area contributed by atoms with E-state index in [9.17, 15) is 9.59 Å². The summed E-state index contributed by atoms with van der Waals surface area (Å²) in [6.07, 6.45) is 4.44. The van der Waals surface area contributed by atoms with Gasteiger partial charge < -0.3 is 19.7 Å². The summed E-state index contributed by atoms with van der Waals surface area (Å²) in [5, 5.41) is 2.85. The van der Waals surface area contributed by atoms with E-state index in [2.05, 4.69) is 10.3 Å². The van der Waals surface area contributed by atoms with E-state index in [1.54, 1.807) is 30.5 Å². The highest BCUT2D eigenvalue weighted by molar-refractivity contribution is 5.86. The van der Waals surface area contributed by atoms with E-state index in [0.717, 1.165) is 18.4 Å². The van der Waals surface area contributed by atoms with E-state index in [4.69, 9.17) is 9.47 Å². The summed E-state index contributed by atoms with van der Waals surface area (Å²) in [5.41, 5.74) is 0.769. The average molecular weight is 319 g/mol. The Morgan fingerprint density at radius 3 is 2.87 bits per heavy atom. The van der Waals surface area contributed by atoms with Crippen LogP contribution in [-0.4, -0.2) is 60.7 Å². The first-order valence-corrected chi connectivity index (χ1v) is 7.81. The molecule has 0 unspecified atom stereocenters. The number of piperidine rings is 1. The first-order valence-electron chi connectivity index (χ1n) is 7.81. The Labute approximate surface area is 135 Å². The number of methoxy groups -OCH3 is 1. The van der Waals surface area contributed by atoms with Crippen molar-refractivity contribution >= 4 is 11.8 Å². The maximum Gasteiger partial charge on any atom is 0.254 e. The molecule has 2 fully saturated rings. The van der Waals surface area contributed by atoms with Gasteiger partial charge in [-0.3, -0.25) is 14.6 Å². The third-order valence-corrected chi connectivity index (χ3v) is 4.39. The van der Waals surface area contributed by atoms with Gasteiger partial charge in [0.05, 0.1) is 12.1 Å². The van der Waals surface area contributed by atoms with Crippen LogP contribution in [0.4, 0.5) is 0 Å². The van der Waals surface area contributed by atoms with Crippen LogP contribution < -0.4 is 5.32 Å². The van der Waals surface area contributed by atoms with E-state index in [1.807, 2.05) is 6.07 Å². The van der Waals surface area contributed by atoms with Crippen molar-refractivity contribution < 1.29 is 19.1 Å². The fourth-order valence-corrected chi connectivity index (χ4v) is 3.08. The van der Waals surface area contributed by atoms with Gasteiger partial charge >= 0.3 is 0 Å². The summed E-state index contributed by atoms with van der Waals surface area (Å²) >= 11 is 0. The molecule has 2 amide bonds. The molecule has 1 N–H and O–H groups in total. The number of pyridine rings is 1. The molecule has 3 rings (SSSR count). The van der Waals surface area contributed by atoms with Gasteiger partial charge in [-0.1, -0.05) is 6.07 Å². The zero-order chi connectivity index (χ0) is 16.2. The van der Waals surface area contributed by atoms with Gasteiger partial charge in [-0.25, -0.2) is 0 Å². The van der Waals surface area contributed by atoms with E-state index in [1.165, 1.54) is 0 Å². The van der Waals surface area contributed by atoms with Crippen LogP contribution in [0.25, 0.3) is 0 Å². The van der Waals surface area contributed by atoms with E-state index >= 15 is 0 Å². The molecule has 2 aliphatic heterocycles. The smallest absolute Gasteiger partial charge is 0.254 e. The zero-order valence-corrected chi connectivity index (χ0v) is 13.1. The van der Waals surface area contributed by atoms with Crippen LogP contribution in [0.3, 0.4) is 0 Å². The Hall–Kier alpha value is -1.99. The molecule has 2 saturated heterocycles. The lowest BCUT2D eigenvalue weighted by atomic mass is 9.99. The van der Waals surface area contributed by atoms with E-state index in [0.29, 0.717) is 13.1 Å². The minimum absolute atomic E-state index is 0.0894. The predicted octanol–water partition coefficient (Wildman–Crippen LogP) is 0.275. The molecular formula is C16H21N3O4. The van der Waals surface area contributed by atoms with Crippen molar-refractivity contribution in [1.29, 1.82) is 0 Å². The fourth-order valence-electron chi connectivity index (χ4n) is 3.08. The van der Waals surface area contributed by atoms with Gasteiger partial charge in [-0.2, -0.15) is 0 Å². The van der Waals surface area contributed by atoms with Crippen LogP contribution in [0.1, 0.15) is 24.4 Å². The van der Waals surface area contributed by atoms with Crippen molar-refractivity contribution in [3.63, 3.8) is 0 Å². The number of hydrogen-bond donors (Lipinski definition) is 1. The molecule has 7 heteroatoms. The van der Waals surface area contributed by atoms with Crippen LogP contribution in [0.15, 0.2) is 24.5 Å². The van der Waals surface area contributed by atoms with Gasteiger partial charge in [0.25, 0.3) is 5.91 Å². The van der Waals surface area contributed by atoms with Gasteiger partial charge in [0.15, 0.2) is 6.10 Å². The number of carbonyl (C=O) groups is 2. The molecule has 0 saturated carbocycles. The van der Waals surface area contributed by atoms with Crippen LogP contribution in [0, 0.1) is 0 Å². The highest BCUT2D eigenvalue weighted by atomic mass is 16.5. The van der Waals surface area contributed by atoms with Gasteiger partial charge in [-0.05, 0) is 24.5 Å². The summed E-state index contributed by atoms with van der Waals surface area (Å²) in [4.78, 5) is 30.4. The Morgan fingerprint density at radius 1 is 1.43 bits per heavy atom. The molecule has 3 heterocycles. The second kappa shape index (κ2) is 7.06. The first-order chi connectivity index (χ1) is 11.2. The molecule has 0 spiro atoms. The maximum absolute atomic E-state index is 12.8. The predicted molar refractivity (Wildman–Crippen MR) is 81.5 cm³/mol. The minimum atomic E-state index is -0.712. The number of likely N-dealkylation sites (tertiary alicyclic amines) is 1. The molecule has 0 aromatic carbocycles. The topological polar surface area (TPSA) is 80.8 Å². The van der Waals surface area contributed by atoms with Gasteiger partial charge in [-0.15, -0.1) is 0 Å². The highest BCUT2D eigenvalue weighted by Gasteiger charge is 2.39. The molecule has 124 valence electrons. The SMILES string of the molecule is COC1CCN(C(=O)[C@H]2OCC(=O)N[C@@H]2c2cccnc2)CC1. The van der Waals surface area contributed by atoms with Crippen LogP contribution in [0.2, 0.25) is 0 Å². The number of hydrogen-bond acceptors (Lipinski definition) is 5. The van der Waals surface area contributed by atoms with Gasteiger partial charge in [0, 0.05) is 32.6 Å². The second-order valence-corrected chi connectivity index (χ2v) is 5.82. The van der Waals surface area contributed by atoms with Crippen molar-refractivity contribution in [2.75, 3.05) is 26.8 Å². The summed E-state index contributed by atoms with van der Waals surface area (Å²) in [5.74, 6) is -0.311. The molecule has 23 heavy (non-hydrogen) atoms. The summed E-state index contributed by atoms with van der Waals surface area (Å²) in [6.45, 7) is 1.19. The number of carbonyl (C=O) groups excluding carboxylic acids is 2. The molecular weight excluding hydrogens is 298 g/mol. The molecule has 2 aliphatic rings. The van der Waals surface area contributed by atoms with Crippen LogP contribution >= 0.6 is 0 Å². The molecule has 1 aromatic rings. The number of ether oxygens (including phenoxy) is 2. The number of amides is 2. The van der Waals surface area contributed by atoms with Crippen molar-refractivity contribution in [3.05, 3.63) is 30.1 Å². The zero-order valence-electron chi connectivity index (χ0n) is 13.1. The Kier molecular flexibility index (Phi) is 4.88. The Morgan fingerprint density at radius 2 is 2.22 bits per heavy atom. The van der Waals surface area contributed by atoms with E-state index < -0.39 is 12.1 Å². The number of nitrogens with one attached hydrogen (secondary N) is 1. The normalized spacial score (nSPS) is 26.0. The largest absolute Gasteiger partial charge is 0.381 e. The maximum atomic E-state index is 12.8. The molecule has 2 atom stereocenters. The number of aromatic nitrogens is 1. The van der Waals surface area contributed by atoms with Gasteiger partial charge in [0.2, 0.25) is 5.91 Å². The van der Waals surface area contributed by atoms with E-state index in [-0.39, 0.29) is 24.5 Å². The second-order valence-electron chi connectivity index (χ2n) is 5.82. The third-order valence-electron chi connectivity index (χ3n) is 4.39. The standard InChI is InChI=1S/C16H21N3O4/c1-22-12-4-7-19(8-5-12)16(21)15-14(18-13(20)10-23-15)11-3-2-6-17-9-11/h2-3,6,9,12,14-15H,4-5,7-8,10H2,1H3,(H,18,20)/t14-,15+/m1/s1. The summed E-state index contributed by atoms with van der Waals surface area (Å²) in [7, 11) is 1.69. The fraction of sp³-hybridized carbons (Fsp3) is 0.562. The van der Waals surface area contributed by atoms with Crippen molar-refractivity contribution in [1.82, 2.24) is 15.2 Å². The summed E-state index contributed by atoms with van der Waals surface area (Å²) < 4.78 is 10.9. The highest BCUT2D eigenvalue weighted by Crippen LogP contribution is 2.25. The van der Waals surface area contributed by atoms with Crippen LogP contribution in [-0.2, 0) is 19.1 Å². The molecule has 0 radical (unpaired) electrons. The quantitative estimate of drug-likeness (QED) is 0.865. The first kappa shape index (κ1) is 15.9. The van der Waals surface area contributed by atoms with Crippen molar-refractivity contribution in [2.45, 2.75) is 31.1 Å². The van der Waals surface area contributed by atoms with Crippen LogP contribution in [0.5, 0.6) is 0 Å². The lowest BCUT2D eigenvalue weighted by Gasteiger charge is -2.37. The number of morpholine rings is 1. The molecule has 0 bridgehead atoms. The Balaban J connectivity index is 1.73. The lowest BCUT2D eigenvalue weighted by molar-refractivity contribution is -0.156. The van der Waals surface area contributed by atoms with Gasteiger partial charge in [0.1, 0.15) is 6.61 Å². The number of rotatable bonds is 3. The monoisotopic (exact) mass is 319 g/mol. The lowest BCUT2D eigenvalue weighted by Crippen LogP contribution is -2.54. The summed E-state index contributed by atoms with van der Waals surface area (Å²) in [6, 6.07) is 3.11. The van der Waals surface area contributed by atoms with Crippen molar-refractivity contribution in [3.8, 4) is 0 Å². The minimum Gasteiger partial charge on any atom is -0.381 e. The molecule has 1 aromatic heterocycles. The Bertz CT molecular complexity index is 558. The number of nitrogens with zero attached hydrogens (tertiary/aromatic N) is 2. The average Bonchev–Trinajstić information content (AvgIpc) is 2.62. The third kappa shape index (κ3) is 3.51. The van der Waals surface area contributed by atoms with Crippen molar-refractivity contribution in [2.24, 2.45) is 0 Å². The molecule has 7 nitrogen and oxygen atoms in total.